The van der Waals surface area contributed by atoms with Crippen molar-refractivity contribution < 1.29 is 12.8 Å². The molecule has 2 aromatic heterocycles. The summed E-state index contributed by atoms with van der Waals surface area (Å²) in [4.78, 5) is 3.99. The van der Waals surface area contributed by atoms with Gasteiger partial charge in [-0.05, 0) is 26.0 Å². The standard InChI is InChI=1S/C14H20N6O3S/c1-9-13(10(2)18-17-9)24(21,22)16-7-5-12-19-20-14(23-12)11-4-3-6-15-8-11/h3-4,6,8-10,13,16-18H,5,7H2,1-2H3. The van der Waals surface area contributed by atoms with E-state index in [9.17, 15) is 8.42 Å². The maximum Gasteiger partial charge on any atom is 0.249 e. The largest absolute Gasteiger partial charge is 0.421 e. The molecule has 24 heavy (non-hydrogen) atoms. The van der Waals surface area contributed by atoms with Crippen LogP contribution in [0.5, 0.6) is 0 Å². The van der Waals surface area contributed by atoms with Crippen LogP contribution in [0.25, 0.3) is 11.5 Å². The molecule has 10 heteroatoms. The van der Waals surface area contributed by atoms with Gasteiger partial charge in [-0.3, -0.25) is 15.8 Å². The summed E-state index contributed by atoms with van der Waals surface area (Å²) in [6, 6.07) is 3.26. The number of hydrazine groups is 1. The summed E-state index contributed by atoms with van der Waals surface area (Å²) < 4.78 is 33.0. The molecule has 0 saturated carbocycles. The van der Waals surface area contributed by atoms with Gasteiger partial charge in [0.2, 0.25) is 21.8 Å². The molecule has 0 bridgehead atoms. The SMILES string of the molecule is CC1NNC(C)C1S(=O)(=O)NCCc1nnc(-c2cccnc2)o1. The Morgan fingerprint density at radius 3 is 2.67 bits per heavy atom. The molecule has 1 aliphatic rings. The lowest BCUT2D eigenvalue weighted by Gasteiger charge is -2.18. The monoisotopic (exact) mass is 352 g/mol. The highest BCUT2D eigenvalue weighted by Crippen LogP contribution is 2.17. The predicted molar refractivity (Wildman–Crippen MR) is 87.1 cm³/mol. The van der Waals surface area contributed by atoms with Crippen LogP contribution in [0.15, 0.2) is 28.9 Å². The molecule has 3 N–H and O–H groups in total. The van der Waals surface area contributed by atoms with Crippen LogP contribution in [0.3, 0.4) is 0 Å². The Kier molecular flexibility index (Phi) is 4.90. The summed E-state index contributed by atoms with van der Waals surface area (Å²) in [5.74, 6) is 0.743. The van der Waals surface area contributed by atoms with Crippen LogP contribution < -0.4 is 15.6 Å². The third kappa shape index (κ3) is 3.61. The van der Waals surface area contributed by atoms with Crippen molar-refractivity contribution in [1.29, 1.82) is 0 Å². The van der Waals surface area contributed by atoms with E-state index in [2.05, 4.69) is 30.8 Å². The van der Waals surface area contributed by atoms with Gasteiger partial charge in [-0.2, -0.15) is 0 Å². The van der Waals surface area contributed by atoms with E-state index in [-0.39, 0.29) is 18.6 Å². The van der Waals surface area contributed by atoms with E-state index in [0.29, 0.717) is 18.2 Å². The van der Waals surface area contributed by atoms with Crippen molar-refractivity contribution in [3.8, 4) is 11.5 Å². The Morgan fingerprint density at radius 2 is 2.00 bits per heavy atom. The van der Waals surface area contributed by atoms with Crippen LogP contribution in [-0.4, -0.2) is 47.5 Å². The minimum Gasteiger partial charge on any atom is -0.421 e. The topological polar surface area (TPSA) is 122 Å². The molecule has 1 aliphatic heterocycles. The molecule has 0 amide bonds. The molecule has 1 saturated heterocycles. The Balaban J connectivity index is 1.58. The van der Waals surface area contributed by atoms with E-state index in [0.717, 1.165) is 5.56 Å². The lowest BCUT2D eigenvalue weighted by Crippen LogP contribution is -2.45. The van der Waals surface area contributed by atoms with Crippen molar-refractivity contribution in [3.63, 3.8) is 0 Å². The Labute approximate surface area is 140 Å². The third-order valence-corrected chi connectivity index (χ3v) is 6.04. The van der Waals surface area contributed by atoms with Crippen molar-refractivity contribution in [2.45, 2.75) is 37.6 Å². The Hall–Kier alpha value is -1.88. The average Bonchev–Trinajstić information content (AvgIpc) is 3.15. The van der Waals surface area contributed by atoms with Crippen LogP contribution in [0.2, 0.25) is 0 Å². The number of pyridine rings is 1. The van der Waals surface area contributed by atoms with Gasteiger partial charge in [-0.15, -0.1) is 10.2 Å². The van der Waals surface area contributed by atoms with Gasteiger partial charge < -0.3 is 4.42 Å². The van der Waals surface area contributed by atoms with Gasteiger partial charge in [0.25, 0.3) is 0 Å². The van der Waals surface area contributed by atoms with E-state index in [1.807, 2.05) is 19.9 Å². The summed E-state index contributed by atoms with van der Waals surface area (Å²) in [6.07, 6.45) is 3.61. The van der Waals surface area contributed by atoms with Crippen LogP contribution in [0.1, 0.15) is 19.7 Å². The maximum atomic E-state index is 12.4. The lowest BCUT2D eigenvalue weighted by atomic mass is 10.2. The fourth-order valence-corrected chi connectivity index (χ4v) is 4.54. The summed E-state index contributed by atoms with van der Waals surface area (Å²) in [6.45, 7) is 3.87. The second-order valence-electron chi connectivity index (χ2n) is 5.76. The first-order valence-electron chi connectivity index (χ1n) is 7.69. The van der Waals surface area contributed by atoms with Gasteiger partial charge in [0.05, 0.1) is 5.56 Å². The highest BCUT2D eigenvalue weighted by atomic mass is 32.2. The Morgan fingerprint density at radius 1 is 1.25 bits per heavy atom. The smallest absolute Gasteiger partial charge is 0.249 e. The van der Waals surface area contributed by atoms with E-state index in [4.69, 9.17) is 4.42 Å². The van der Waals surface area contributed by atoms with Gasteiger partial charge in [0, 0.05) is 37.4 Å². The summed E-state index contributed by atoms with van der Waals surface area (Å²) in [5.41, 5.74) is 6.60. The minimum absolute atomic E-state index is 0.168. The molecular formula is C14H20N6O3S. The van der Waals surface area contributed by atoms with Crippen LogP contribution in [0.4, 0.5) is 0 Å². The van der Waals surface area contributed by atoms with Gasteiger partial charge in [-0.25, -0.2) is 13.1 Å². The van der Waals surface area contributed by atoms with E-state index in [1.165, 1.54) is 0 Å². The van der Waals surface area contributed by atoms with E-state index < -0.39 is 15.3 Å². The van der Waals surface area contributed by atoms with E-state index in [1.54, 1.807) is 18.5 Å². The highest BCUT2D eigenvalue weighted by Gasteiger charge is 2.39. The number of aromatic nitrogens is 3. The van der Waals surface area contributed by atoms with Crippen LogP contribution >= 0.6 is 0 Å². The van der Waals surface area contributed by atoms with Crippen molar-refractivity contribution in [3.05, 3.63) is 30.4 Å². The molecule has 2 unspecified atom stereocenters. The average molecular weight is 352 g/mol. The molecule has 3 heterocycles. The second-order valence-corrected chi connectivity index (χ2v) is 7.69. The van der Waals surface area contributed by atoms with Gasteiger partial charge in [-0.1, -0.05) is 0 Å². The fraction of sp³-hybridized carbons (Fsp3) is 0.500. The number of hydrogen-bond acceptors (Lipinski definition) is 8. The first-order valence-corrected chi connectivity index (χ1v) is 9.24. The summed E-state index contributed by atoms with van der Waals surface area (Å²) in [7, 11) is -3.45. The number of hydrogen-bond donors (Lipinski definition) is 3. The molecule has 1 fully saturated rings. The first kappa shape index (κ1) is 17.0. The molecule has 130 valence electrons. The molecule has 0 spiro atoms. The van der Waals surface area contributed by atoms with Gasteiger partial charge in [0.1, 0.15) is 5.25 Å². The predicted octanol–water partition coefficient (Wildman–Crippen LogP) is -0.153. The molecule has 0 radical (unpaired) electrons. The highest BCUT2D eigenvalue weighted by molar-refractivity contribution is 7.90. The zero-order chi connectivity index (χ0) is 17.2. The zero-order valence-corrected chi connectivity index (χ0v) is 14.2. The summed E-state index contributed by atoms with van der Waals surface area (Å²) in [5, 5.41) is 7.35. The molecule has 2 aromatic rings. The van der Waals surface area contributed by atoms with Gasteiger partial charge >= 0.3 is 0 Å². The van der Waals surface area contributed by atoms with Crippen molar-refractivity contribution >= 4 is 10.0 Å². The van der Waals surface area contributed by atoms with Crippen LogP contribution in [-0.2, 0) is 16.4 Å². The van der Waals surface area contributed by atoms with Crippen molar-refractivity contribution in [2.75, 3.05) is 6.54 Å². The van der Waals surface area contributed by atoms with Gasteiger partial charge in [0.15, 0.2) is 0 Å². The molecular weight excluding hydrogens is 332 g/mol. The fourth-order valence-electron chi connectivity index (χ4n) is 2.75. The van der Waals surface area contributed by atoms with E-state index >= 15 is 0 Å². The zero-order valence-electron chi connectivity index (χ0n) is 13.4. The van der Waals surface area contributed by atoms with Crippen molar-refractivity contribution in [2.24, 2.45) is 0 Å². The second kappa shape index (κ2) is 6.93. The first-order chi connectivity index (χ1) is 11.5. The van der Waals surface area contributed by atoms with Crippen molar-refractivity contribution in [1.82, 2.24) is 30.8 Å². The number of sulfonamides is 1. The molecule has 2 atom stereocenters. The number of rotatable bonds is 6. The minimum atomic E-state index is -3.45. The number of nitrogens with zero attached hydrogens (tertiary/aromatic N) is 3. The van der Waals surface area contributed by atoms with Crippen LogP contribution in [0, 0.1) is 0 Å². The maximum absolute atomic E-state index is 12.4. The summed E-state index contributed by atoms with van der Waals surface area (Å²) >= 11 is 0. The lowest BCUT2D eigenvalue weighted by molar-refractivity contribution is 0.499. The molecule has 0 aliphatic carbocycles. The number of nitrogens with one attached hydrogen (secondary N) is 3. The molecule has 9 nitrogen and oxygen atoms in total. The molecule has 3 rings (SSSR count). The third-order valence-electron chi connectivity index (χ3n) is 3.90. The Bertz CT molecular complexity index is 769. The quantitative estimate of drug-likeness (QED) is 0.656. The normalized spacial score (nSPS) is 24.3. The molecule has 0 aromatic carbocycles.